The Hall–Kier alpha value is -2.70. The van der Waals surface area contributed by atoms with E-state index in [-0.39, 0.29) is 22.9 Å². The van der Waals surface area contributed by atoms with Gasteiger partial charge in [-0.2, -0.15) is 5.10 Å². The van der Waals surface area contributed by atoms with Crippen LogP contribution in [-0.2, 0) is 6.54 Å². The number of hydrogen-bond acceptors (Lipinski definition) is 3. The largest absolute Gasteiger partial charge is 0.348 e. The number of rotatable bonds is 5. The minimum atomic E-state index is -0.340. The molecule has 0 saturated carbocycles. The highest BCUT2D eigenvalue weighted by Crippen LogP contribution is 2.24. The van der Waals surface area contributed by atoms with Crippen molar-refractivity contribution in [2.75, 3.05) is 13.1 Å². The van der Waals surface area contributed by atoms with Gasteiger partial charge in [0.25, 0.3) is 5.91 Å². The Balaban J connectivity index is 1.43. The molecule has 1 saturated heterocycles. The van der Waals surface area contributed by atoms with Gasteiger partial charge in [-0.15, -0.1) is 0 Å². The molecule has 1 aliphatic heterocycles. The minimum Gasteiger partial charge on any atom is -0.348 e. The fourth-order valence-electron chi connectivity index (χ4n) is 3.70. The molecule has 1 N–H and O–H groups in total. The summed E-state index contributed by atoms with van der Waals surface area (Å²) in [5, 5.41) is 7.68. The summed E-state index contributed by atoms with van der Waals surface area (Å²) in [6, 6.07) is 16.2. The zero-order valence-corrected chi connectivity index (χ0v) is 16.9. The number of nitrogens with one attached hydrogen (secondary N) is 1. The first-order valence-corrected chi connectivity index (χ1v) is 9.97. The molecule has 0 aliphatic carbocycles. The van der Waals surface area contributed by atoms with E-state index < -0.39 is 0 Å². The van der Waals surface area contributed by atoms with Crippen molar-refractivity contribution in [3.8, 4) is 5.69 Å². The average molecular weight is 413 g/mol. The quantitative estimate of drug-likeness (QED) is 0.689. The number of aromatic nitrogens is 2. The van der Waals surface area contributed by atoms with E-state index in [2.05, 4.69) is 27.4 Å². The third kappa shape index (κ3) is 4.33. The molecule has 0 spiro atoms. The molecule has 1 aliphatic rings. The lowest BCUT2D eigenvalue weighted by Gasteiger charge is -2.16. The first-order valence-electron chi connectivity index (χ1n) is 9.59. The van der Waals surface area contributed by atoms with Gasteiger partial charge in [-0.3, -0.25) is 9.69 Å². The number of carbonyl (C=O) groups is 1. The van der Waals surface area contributed by atoms with Gasteiger partial charge < -0.3 is 5.32 Å². The molecule has 2 heterocycles. The van der Waals surface area contributed by atoms with Crippen molar-refractivity contribution >= 4 is 17.5 Å². The summed E-state index contributed by atoms with van der Waals surface area (Å²) in [4.78, 5) is 15.2. The van der Waals surface area contributed by atoms with E-state index >= 15 is 0 Å². The minimum absolute atomic E-state index is 0.0656. The van der Waals surface area contributed by atoms with Gasteiger partial charge in [0.1, 0.15) is 11.0 Å². The summed E-state index contributed by atoms with van der Waals surface area (Å²) in [5.74, 6) is -0.569. The molecule has 1 fully saturated rings. The Labute approximate surface area is 174 Å². The Morgan fingerprint density at radius 1 is 1.21 bits per heavy atom. The zero-order chi connectivity index (χ0) is 20.4. The van der Waals surface area contributed by atoms with Gasteiger partial charge in [-0.25, -0.2) is 9.07 Å². The number of amides is 1. The average Bonchev–Trinajstić information content (AvgIpc) is 3.26. The fourth-order valence-corrected chi connectivity index (χ4v) is 4.06. The normalized spacial score (nSPS) is 16.9. The lowest BCUT2D eigenvalue weighted by atomic mass is 10.2. The van der Waals surface area contributed by atoms with Crippen molar-refractivity contribution in [1.82, 2.24) is 20.0 Å². The van der Waals surface area contributed by atoms with Gasteiger partial charge >= 0.3 is 0 Å². The molecule has 5 nitrogen and oxygen atoms in total. The monoisotopic (exact) mass is 412 g/mol. The summed E-state index contributed by atoms with van der Waals surface area (Å²) in [5.41, 5.74) is 2.76. The summed E-state index contributed by atoms with van der Waals surface area (Å²) in [7, 11) is 0. The Morgan fingerprint density at radius 2 is 1.93 bits per heavy atom. The molecule has 4 rings (SSSR count). The molecule has 7 heteroatoms. The van der Waals surface area contributed by atoms with Gasteiger partial charge in [0.05, 0.1) is 16.9 Å². The molecule has 29 heavy (non-hydrogen) atoms. The van der Waals surface area contributed by atoms with E-state index in [4.69, 9.17) is 11.6 Å². The topological polar surface area (TPSA) is 50.2 Å². The van der Waals surface area contributed by atoms with Crippen LogP contribution in [0, 0.1) is 12.7 Å². The standard InChI is InChI=1S/C22H22ClFN4O/c1-15-20(21(23)28(26-15)19-9-7-17(24)8-10-19)22(29)25-18-11-12-27(14-18)13-16-5-3-2-4-6-16/h2-10,18H,11-14H2,1H3,(H,25,29). The Morgan fingerprint density at radius 3 is 2.66 bits per heavy atom. The van der Waals surface area contributed by atoms with E-state index in [1.807, 2.05) is 18.2 Å². The van der Waals surface area contributed by atoms with Crippen LogP contribution >= 0.6 is 11.6 Å². The van der Waals surface area contributed by atoms with E-state index in [1.54, 1.807) is 19.1 Å². The Bertz CT molecular complexity index is 1000. The highest BCUT2D eigenvalue weighted by molar-refractivity contribution is 6.33. The third-order valence-corrected chi connectivity index (χ3v) is 5.51. The zero-order valence-electron chi connectivity index (χ0n) is 16.1. The maximum atomic E-state index is 13.2. The molecule has 1 amide bonds. The van der Waals surface area contributed by atoms with E-state index in [0.717, 1.165) is 26.1 Å². The van der Waals surface area contributed by atoms with Gasteiger partial charge in [0.15, 0.2) is 0 Å². The van der Waals surface area contributed by atoms with Crippen LogP contribution in [0.3, 0.4) is 0 Å². The molecular formula is C22H22ClFN4O. The van der Waals surface area contributed by atoms with Crippen LogP contribution in [0.4, 0.5) is 4.39 Å². The summed E-state index contributed by atoms with van der Waals surface area (Å²) in [6.07, 6.45) is 0.890. The first-order chi connectivity index (χ1) is 14.0. The number of hydrogen-bond donors (Lipinski definition) is 1. The molecule has 1 unspecified atom stereocenters. The summed E-state index contributed by atoms with van der Waals surface area (Å²) >= 11 is 6.46. The highest BCUT2D eigenvalue weighted by Gasteiger charge is 2.27. The third-order valence-electron chi connectivity index (χ3n) is 5.16. The molecule has 0 radical (unpaired) electrons. The Kier molecular flexibility index (Phi) is 5.65. The van der Waals surface area contributed by atoms with E-state index in [1.165, 1.54) is 22.4 Å². The number of nitrogens with zero attached hydrogens (tertiary/aromatic N) is 3. The fraction of sp³-hybridized carbons (Fsp3) is 0.273. The van der Waals surface area contributed by atoms with Crippen LogP contribution < -0.4 is 5.32 Å². The second-order valence-corrected chi connectivity index (χ2v) is 7.68. The maximum Gasteiger partial charge on any atom is 0.256 e. The second-order valence-electron chi connectivity index (χ2n) is 7.32. The van der Waals surface area contributed by atoms with Crippen molar-refractivity contribution in [3.05, 3.63) is 82.4 Å². The molecule has 0 bridgehead atoms. The van der Waals surface area contributed by atoms with Crippen molar-refractivity contribution in [2.45, 2.75) is 25.9 Å². The predicted molar refractivity (Wildman–Crippen MR) is 111 cm³/mol. The predicted octanol–water partition coefficient (Wildman–Crippen LogP) is 3.98. The summed E-state index contributed by atoms with van der Waals surface area (Å²) < 4.78 is 14.6. The van der Waals surface area contributed by atoms with E-state index in [0.29, 0.717) is 16.9 Å². The van der Waals surface area contributed by atoms with Crippen molar-refractivity contribution in [2.24, 2.45) is 0 Å². The smallest absolute Gasteiger partial charge is 0.256 e. The number of aryl methyl sites for hydroxylation is 1. The first kappa shape index (κ1) is 19.6. The van der Waals surface area contributed by atoms with Crippen LogP contribution in [0.1, 0.15) is 28.0 Å². The van der Waals surface area contributed by atoms with Crippen LogP contribution in [0.15, 0.2) is 54.6 Å². The summed E-state index contributed by atoms with van der Waals surface area (Å²) in [6.45, 7) is 4.34. The number of likely N-dealkylation sites (tertiary alicyclic amines) is 1. The number of halogens is 2. The molecule has 150 valence electrons. The second kappa shape index (κ2) is 8.35. The highest BCUT2D eigenvalue weighted by atomic mass is 35.5. The van der Waals surface area contributed by atoms with Crippen LogP contribution in [0.25, 0.3) is 5.69 Å². The van der Waals surface area contributed by atoms with Gasteiger partial charge in [-0.05, 0) is 43.2 Å². The van der Waals surface area contributed by atoms with Gasteiger partial charge in [0, 0.05) is 25.7 Å². The van der Waals surface area contributed by atoms with Crippen LogP contribution in [0.5, 0.6) is 0 Å². The molecule has 1 aromatic heterocycles. The molecule has 1 atom stereocenters. The van der Waals surface area contributed by atoms with E-state index in [9.17, 15) is 9.18 Å². The lowest BCUT2D eigenvalue weighted by molar-refractivity contribution is 0.0937. The van der Waals surface area contributed by atoms with Gasteiger partial charge in [0.2, 0.25) is 0 Å². The molecule has 2 aromatic carbocycles. The lowest BCUT2D eigenvalue weighted by Crippen LogP contribution is -2.37. The van der Waals surface area contributed by atoms with Gasteiger partial charge in [-0.1, -0.05) is 41.9 Å². The van der Waals surface area contributed by atoms with Crippen molar-refractivity contribution in [1.29, 1.82) is 0 Å². The van der Waals surface area contributed by atoms with Crippen LogP contribution in [-0.4, -0.2) is 39.7 Å². The van der Waals surface area contributed by atoms with Crippen molar-refractivity contribution < 1.29 is 9.18 Å². The molecular weight excluding hydrogens is 391 g/mol. The number of benzene rings is 2. The SMILES string of the molecule is Cc1nn(-c2ccc(F)cc2)c(Cl)c1C(=O)NC1CCN(Cc2ccccc2)C1. The van der Waals surface area contributed by atoms with Crippen molar-refractivity contribution in [3.63, 3.8) is 0 Å². The maximum absolute atomic E-state index is 13.2. The molecule has 3 aromatic rings. The number of carbonyl (C=O) groups excluding carboxylic acids is 1. The van der Waals surface area contributed by atoms with Crippen LogP contribution in [0.2, 0.25) is 5.15 Å².